The first-order chi connectivity index (χ1) is 10.6. The fraction of sp³-hybridized carbons (Fsp3) is 0.438. The van der Waals surface area contributed by atoms with Crippen LogP contribution in [0.4, 0.5) is 0 Å². The zero-order valence-electron chi connectivity index (χ0n) is 12.8. The first kappa shape index (κ1) is 16.5. The summed E-state index contributed by atoms with van der Waals surface area (Å²) in [5, 5.41) is 11.4. The van der Waals surface area contributed by atoms with E-state index in [1.807, 2.05) is 18.2 Å². The SMILES string of the molecule is CC(C)CCNC(=O)CCc1nnc(-c2ccccc2Cl)o1. The number of aromatic nitrogens is 2. The number of carbonyl (C=O) groups excluding carboxylic acids is 1. The van der Waals surface area contributed by atoms with Crippen LogP contribution in [0.1, 0.15) is 32.6 Å². The molecular weight excluding hydrogens is 302 g/mol. The van der Waals surface area contributed by atoms with Gasteiger partial charge in [0.1, 0.15) is 0 Å². The summed E-state index contributed by atoms with van der Waals surface area (Å²) >= 11 is 6.09. The molecule has 0 unspecified atom stereocenters. The predicted molar refractivity (Wildman–Crippen MR) is 85.5 cm³/mol. The highest BCUT2D eigenvalue weighted by Crippen LogP contribution is 2.26. The summed E-state index contributed by atoms with van der Waals surface area (Å²) in [4.78, 5) is 11.7. The zero-order valence-corrected chi connectivity index (χ0v) is 13.6. The van der Waals surface area contributed by atoms with Crippen molar-refractivity contribution in [2.45, 2.75) is 33.1 Å². The lowest BCUT2D eigenvalue weighted by Gasteiger charge is -2.06. The van der Waals surface area contributed by atoms with Crippen LogP contribution in [0.2, 0.25) is 5.02 Å². The van der Waals surface area contributed by atoms with Crippen LogP contribution in [0.5, 0.6) is 0 Å². The first-order valence-corrected chi connectivity index (χ1v) is 7.78. The van der Waals surface area contributed by atoms with E-state index < -0.39 is 0 Å². The van der Waals surface area contributed by atoms with E-state index in [4.69, 9.17) is 16.0 Å². The second-order valence-corrected chi connectivity index (χ2v) is 5.92. The van der Waals surface area contributed by atoms with Crippen molar-refractivity contribution in [1.29, 1.82) is 0 Å². The minimum atomic E-state index is -0.00172. The number of amides is 1. The largest absolute Gasteiger partial charge is 0.421 e. The Morgan fingerprint density at radius 2 is 2.09 bits per heavy atom. The van der Waals surface area contributed by atoms with Gasteiger partial charge in [-0.3, -0.25) is 4.79 Å². The van der Waals surface area contributed by atoms with E-state index in [2.05, 4.69) is 29.4 Å². The summed E-state index contributed by atoms with van der Waals surface area (Å²) in [6, 6.07) is 7.28. The van der Waals surface area contributed by atoms with Crippen molar-refractivity contribution in [3.63, 3.8) is 0 Å². The lowest BCUT2D eigenvalue weighted by molar-refractivity contribution is -0.121. The van der Waals surface area contributed by atoms with Crippen LogP contribution in [-0.2, 0) is 11.2 Å². The van der Waals surface area contributed by atoms with Crippen molar-refractivity contribution in [1.82, 2.24) is 15.5 Å². The topological polar surface area (TPSA) is 68.0 Å². The molecule has 1 aromatic carbocycles. The fourth-order valence-corrected chi connectivity index (χ4v) is 2.12. The van der Waals surface area contributed by atoms with Crippen LogP contribution in [0.25, 0.3) is 11.5 Å². The number of aryl methyl sites for hydroxylation is 1. The first-order valence-electron chi connectivity index (χ1n) is 7.40. The zero-order chi connectivity index (χ0) is 15.9. The lowest BCUT2D eigenvalue weighted by Crippen LogP contribution is -2.25. The summed E-state index contributed by atoms with van der Waals surface area (Å²) in [5.41, 5.74) is 0.698. The maximum Gasteiger partial charge on any atom is 0.249 e. The molecule has 5 nitrogen and oxygen atoms in total. The van der Waals surface area contributed by atoms with Crippen molar-refractivity contribution in [2.75, 3.05) is 6.54 Å². The highest BCUT2D eigenvalue weighted by Gasteiger charge is 2.12. The Balaban J connectivity index is 1.85. The predicted octanol–water partition coefficient (Wildman–Crippen LogP) is 3.48. The molecule has 2 rings (SSSR count). The van der Waals surface area contributed by atoms with Gasteiger partial charge in [0.15, 0.2) is 0 Å². The van der Waals surface area contributed by atoms with E-state index in [0.717, 1.165) is 6.42 Å². The van der Waals surface area contributed by atoms with Gasteiger partial charge in [0.2, 0.25) is 17.7 Å². The average Bonchev–Trinajstić information content (AvgIpc) is 2.94. The van der Waals surface area contributed by atoms with Gasteiger partial charge in [0.05, 0.1) is 10.6 Å². The minimum Gasteiger partial charge on any atom is -0.421 e. The number of nitrogens with one attached hydrogen (secondary N) is 1. The Hall–Kier alpha value is -1.88. The summed E-state index contributed by atoms with van der Waals surface area (Å²) in [6.45, 7) is 4.95. The molecule has 2 aromatic rings. The Morgan fingerprint density at radius 3 is 2.82 bits per heavy atom. The van der Waals surface area contributed by atoms with Crippen LogP contribution < -0.4 is 5.32 Å². The Kier molecular flexibility index (Phi) is 5.95. The van der Waals surface area contributed by atoms with Gasteiger partial charge in [-0.2, -0.15) is 0 Å². The fourth-order valence-electron chi connectivity index (χ4n) is 1.91. The van der Waals surface area contributed by atoms with Crippen LogP contribution in [-0.4, -0.2) is 22.6 Å². The number of rotatable bonds is 7. The van der Waals surface area contributed by atoms with Crippen molar-refractivity contribution in [3.8, 4) is 11.5 Å². The van der Waals surface area contributed by atoms with E-state index in [-0.39, 0.29) is 5.91 Å². The van der Waals surface area contributed by atoms with Crippen LogP contribution in [0.15, 0.2) is 28.7 Å². The maximum atomic E-state index is 11.7. The van der Waals surface area contributed by atoms with Crippen molar-refractivity contribution in [3.05, 3.63) is 35.2 Å². The quantitative estimate of drug-likeness (QED) is 0.847. The normalized spacial score (nSPS) is 10.9. The third-order valence-electron chi connectivity index (χ3n) is 3.18. The third kappa shape index (κ3) is 4.84. The number of hydrogen-bond donors (Lipinski definition) is 1. The molecule has 118 valence electrons. The molecule has 1 amide bonds. The maximum absolute atomic E-state index is 11.7. The number of benzene rings is 1. The molecule has 0 atom stereocenters. The minimum absolute atomic E-state index is 0.00172. The second kappa shape index (κ2) is 7.94. The van der Waals surface area contributed by atoms with Gasteiger partial charge >= 0.3 is 0 Å². The molecule has 1 aromatic heterocycles. The van der Waals surface area contributed by atoms with Gasteiger partial charge in [-0.25, -0.2) is 0 Å². The number of hydrogen-bond acceptors (Lipinski definition) is 4. The summed E-state index contributed by atoms with van der Waals surface area (Å²) < 4.78 is 5.56. The molecule has 0 fully saturated rings. The molecule has 0 radical (unpaired) electrons. The Morgan fingerprint density at radius 1 is 1.32 bits per heavy atom. The summed E-state index contributed by atoms with van der Waals surface area (Å²) in [5.74, 6) is 1.39. The number of carbonyl (C=O) groups is 1. The molecule has 22 heavy (non-hydrogen) atoms. The monoisotopic (exact) mass is 321 g/mol. The van der Waals surface area contributed by atoms with Gasteiger partial charge in [-0.05, 0) is 24.5 Å². The number of halogens is 1. The smallest absolute Gasteiger partial charge is 0.249 e. The highest BCUT2D eigenvalue weighted by molar-refractivity contribution is 6.33. The Bertz CT molecular complexity index is 625. The van der Waals surface area contributed by atoms with E-state index in [9.17, 15) is 4.79 Å². The lowest BCUT2D eigenvalue weighted by atomic mass is 10.1. The van der Waals surface area contributed by atoms with E-state index in [1.54, 1.807) is 6.07 Å². The Labute approximate surface area is 135 Å². The van der Waals surface area contributed by atoms with Crippen LogP contribution >= 0.6 is 11.6 Å². The van der Waals surface area contributed by atoms with Gasteiger partial charge in [0.25, 0.3) is 0 Å². The molecule has 0 saturated carbocycles. The molecular formula is C16H20ClN3O2. The van der Waals surface area contributed by atoms with Crippen molar-refractivity contribution < 1.29 is 9.21 Å². The van der Waals surface area contributed by atoms with E-state index in [0.29, 0.717) is 47.7 Å². The molecule has 0 bridgehead atoms. The van der Waals surface area contributed by atoms with Crippen molar-refractivity contribution in [2.24, 2.45) is 5.92 Å². The molecule has 0 saturated heterocycles. The van der Waals surface area contributed by atoms with Gasteiger partial charge in [-0.15, -0.1) is 10.2 Å². The standard InChI is InChI=1S/C16H20ClN3O2/c1-11(2)9-10-18-14(21)7-8-15-19-20-16(22-15)12-5-3-4-6-13(12)17/h3-6,11H,7-10H2,1-2H3,(H,18,21). The third-order valence-corrected chi connectivity index (χ3v) is 3.51. The van der Waals surface area contributed by atoms with Gasteiger partial charge < -0.3 is 9.73 Å². The number of nitrogens with zero attached hydrogens (tertiary/aromatic N) is 2. The van der Waals surface area contributed by atoms with Crippen LogP contribution in [0.3, 0.4) is 0 Å². The molecule has 0 aliphatic carbocycles. The van der Waals surface area contributed by atoms with E-state index >= 15 is 0 Å². The molecule has 6 heteroatoms. The average molecular weight is 322 g/mol. The molecule has 0 aliphatic heterocycles. The molecule has 1 heterocycles. The van der Waals surface area contributed by atoms with Crippen molar-refractivity contribution >= 4 is 17.5 Å². The molecule has 1 N–H and O–H groups in total. The summed E-state index contributed by atoms with van der Waals surface area (Å²) in [7, 11) is 0. The van der Waals surface area contributed by atoms with Crippen LogP contribution in [0, 0.1) is 5.92 Å². The van der Waals surface area contributed by atoms with Gasteiger partial charge in [-0.1, -0.05) is 37.6 Å². The molecule has 0 spiro atoms. The second-order valence-electron chi connectivity index (χ2n) is 5.51. The van der Waals surface area contributed by atoms with E-state index in [1.165, 1.54) is 0 Å². The highest BCUT2D eigenvalue weighted by atomic mass is 35.5. The summed E-state index contributed by atoms with van der Waals surface area (Å²) in [6.07, 6.45) is 1.73. The molecule has 0 aliphatic rings. The van der Waals surface area contributed by atoms with Gasteiger partial charge in [0, 0.05) is 19.4 Å².